The van der Waals surface area contributed by atoms with E-state index in [2.05, 4.69) is 32.9 Å². The maximum absolute atomic E-state index is 14.5. The van der Waals surface area contributed by atoms with Crippen molar-refractivity contribution in [3.63, 3.8) is 0 Å². The van der Waals surface area contributed by atoms with Crippen LogP contribution in [0.15, 0.2) is 35.9 Å². The molecule has 0 saturated heterocycles. The molecule has 1 aliphatic rings. The van der Waals surface area contributed by atoms with Gasteiger partial charge in [-0.2, -0.15) is 4.39 Å². The molecule has 1 aromatic rings. The predicted molar refractivity (Wildman–Crippen MR) is 144 cm³/mol. The normalized spacial score (nSPS) is 21.9. The van der Waals surface area contributed by atoms with Gasteiger partial charge in [-0.1, -0.05) is 51.5 Å². The number of ether oxygens (including phenoxy) is 1. The number of amides is 1. The number of allylic oxidation sites excluding steroid dienone is 3. The van der Waals surface area contributed by atoms with E-state index in [4.69, 9.17) is 4.74 Å². The summed E-state index contributed by atoms with van der Waals surface area (Å²) in [6, 6.07) is 5.55. The van der Waals surface area contributed by atoms with Crippen molar-refractivity contribution in [3.8, 4) is 5.75 Å². The first-order chi connectivity index (χ1) is 16.3. The summed E-state index contributed by atoms with van der Waals surface area (Å²) in [5.41, 5.74) is 3.87. The quantitative estimate of drug-likeness (QED) is 0.292. The fourth-order valence-electron chi connectivity index (χ4n) is 4.28. The fourth-order valence-corrected chi connectivity index (χ4v) is 4.28. The van der Waals surface area contributed by atoms with Crippen molar-refractivity contribution in [2.45, 2.75) is 106 Å². The number of likely N-dealkylation sites (N-methyl/N-ethyl adjacent to an activating group) is 1. The third-order valence-electron chi connectivity index (χ3n) is 5.99. The maximum atomic E-state index is 14.5. The number of aryl methyl sites for hydroxylation is 1. The van der Waals surface area contributed by atoms with E-state index in [1.165, 1.54) is 19.4 Å². The van der Waals surface area contributed by atoms with Crippen LogP contribution in [0.2, 0.25) is 0 Å². The number of nitrogens with zero attached hydrogens (tertiary/aromatic N) is 1. The van der Waals surface area contributed by atoms with Crippen LogP contribution in [0.1, 0.15) is 99.1 Å². The van der Waals surface area contributed by atoms with Crippen molar-refractivity contribution < 1.29 is 18.7 Å². The Morgan fingerprint density at radius 2 is 1.91 bits per heavy atom. The average Bonchev–Trinajstić information content (AvgIpc) is 2.78. The summed E-state index contributed by atoms with van der Waals surface area (Å²) in [5.74, 6) is -1.23. The molecule has 4 nitrogen and oxygen atoms in total. The van der Waals surface area contributed by atoms with Crippen molar-refractivity contribution in [2.75, 3.05) is 6.54 Å². The molecule has 0 aromatic heterocycles. The van der Waals surface area contributed by atoms with E-state index < -0.39 is 5.85 Å². The maximum Gasteiger partial charge on any atom is 0.242 e. The Morgan fingerprint density at radius 3 is 2.49 bits per heavy atom. The van der Waals surface area contributed by atoms with Crippen LogP contribution in [0.25, 0.3) is 5.57 Å². The Kier molecular flexibility index (Phi) is 11.9. The van der Waals surface area contributed by atoms with Gasteiger partial charge in [0.15, 0.2) is 0 Å². The Balaban J connectivity index is 0.00000298. The average molecular weight is 488 g/mol. The van der Waals surface area contributed by atoms with Crippen molar-refractivity contribution in [1.29, 1.82) is 0 Å². The molecule has 0 bridgehead atoms. The van der Waals surface area contributed by atoms with Crippen LogP contribution >= 0.6 is 0 Å². The van der Waals surface area contributed by atoms with E-state index in [0.29, 0.717) is 38.0 Å². The third kappa shape index (κ3) is 9.99. The second-order valence-electron chi connectivity index (χ2n) is 10.4. The van der Waals surface area contributed by atoms with Crippen LogP contribution in [0.5, 0.6) is 5.75 Å². The zero-order chi connectivity index (χ0) is 26.8. The molecular weight excluding hydrogens is 441 g/mol. The second kappa shape index (κ2) is 13.6. The minimum atomic E-state index is -1.83. The summed E-state index contributed by atoms with van der Waals surface area (Å²) < 4.78 is 20.2. The topological polar surface area (TPSA) is 46.6 Å². The Bertz CT molecular complexity index is 909. The van der Waals surface area contributed by atoms with Crippen molar-refractivity contribution in [1.82, 2.24) is 4.90 Å². The van der Waals surface area contributed by atoms with Gasteiger partial charge in [-0.15, -0.1) is 0 Å². The zero-order valence-corrected chi connectivity index (χ0v) is 23.3. The highest BCUT2D eigenvalue weighted by Gasteiger charge is 2.28. The van der Waals surface area contributed by atoms with Gasteiger partial charge in [-0.05, 0) is 68.7 Å². The van der Waals surface area contributed by atoms with E-state index >= 15 is 0 Å². The molecule has 0 spiro atoms. The van der Waals surface area contributed by atoms with Crippen LogP contribution < -0.4 is 4.74 Å². The van der Waals surface area contributed by atoms with Crippen molar-refractivity contribution in [2.24, 2.45) is 5.41 Å². The SMILES string of the molecule is CC.CCN1C(=O)CC(C)(C)C/C=C(/C)C/C(c2cc(CCC=O)ccc2OC(C)(C)F)=C\C1C. The van der Waals surface area contributed by atoms with Gasteiger partial charge < -0.3 is 14.4 Å². The summed E-state index contributed by atoms with van der Waals surface area (Å²) in [6.07, 6.45) is 8.23. The lowest BCUT2D eigenvalue weighted by molar-refractivity contribution is -0.134. The van der Waals surface area contributed by atoms with Gasteiger partial charge in [0.05, 0.1) is 0 Å². The number of hydrogen-bond acceptors (Lipinski definition) is 3. The largest absolute Gasteiger partial charge is 0.458 e. The first-order valence-electron chi connectivity index (χ1n) is 13.0. The molecule has 196 valence electrons. The minimum Gasteiger partial charge on any atom is -0.458 e. The summed E-state index contributed by atoms with van der Waals surface area (Å²) in [5, 5.41) is 0. The lowest BCUT2D eigenvalue weighted by atomic mass is 9.84. The first-order valence-corrected chi connectivity index (χ1v) is 13.0. The molecule has 1 atom stereocenters. The summed E-state index contributed by atoms with van der Waals surface area (Å²) in [7, 11) is 0. The van der Waals surface area contributed by atoms with Gasteiger partial charge in [0, 0.05) is 44.8 Å². The van der Waals surface area contributed by atoms with E-state index in [1.54, 1.807) is 6.07 Å². The third-order valence-corrected chi connectivity index (χ3v) is 5.99. The Labute approximate surface area is 212 Å². The molecular formula is C30H46FNO3. The number of alkyl halides is 1. The number of benzene rings is 1. The van der Waals surface area contributed by atoms with Crippen molar-refractivity contribution >= 4 is 17.8 Å². The first kappa shape index (κ1) is 30.6. The summed E-state index contributed by atoms with van der Waals surface area (Å²) >= 11 is 0. The van der Waals surface area contributed by atoms with Crippen molar-refractivity contribution in [3.05, 3.63) is 47.1 Å². The van der Waals surface area contributed by atoms with Gasteiger partial charge in [-0.3, -0.25) is 4.79 Å². The number of rotatable bonds is 7. The summed E-state index contributed by atoms with van der Waals surface area (Å²) in [4.78, 5) is 25.9. The molecule has 5 heteroatoms. The van der Waals surface area contributed by atoms with Crippen LogP contribution in [-0.2, 0) is 16.0 Å². The number of hydrogen-bond donors (Lipinski definition) is 0. The van der Waals surface area contributed by atoms with Gasteiger partial charge in [0.25, 0.3) is 0 Å². The van der Waals surface area contributed by atoms with E-state index in [9.17, 15) is 14.0 Å². The molecule has 2 rings (SSSR count). The molecule has 0 saturated carbocycles. The van der Waals surface area contributed by atoms with Gasteiger partial charge in [0.1, 0.15) is 12.0 Å². The molecule has 0 aliphatic carbocycles. The minimum absolute atomic E-state index is 0.121. The second-order valence-corrected chi connectivity index (χ2v) is 10.4. The van der Waals surface area contributed by atoms with Crippen LogP contribution in [0, 0.1) is 5.41 Å². The molecule has 0 radical (unpaired) electrons. The van der Waals surface area contributed by atoms with Gasteiger partial charge >= 0.3 is 0 Å². The predicted octanol–water partition coefficient (Wildman–Crippen LogP) is 7.71. The summed E-state index contributed by atoms with van der Waals surface area (Å²) in [6.45, 7) is 17.8. The van der Waals surface area contributed by atoms with E-state index in [-0.39, 0.29) is 17.4 Å². The van der Waals surface area contributed by atoms with E-state index in [0.717, 1.165) is 29.4 Å². The molecule has 0 fully saturated rings. The highest BCUT2D eigenvalue weighted by atomic mass is 19.2. The number of carbonyl (C=O) groups is 2. The highest BCUT2D eigenvalue weighted by molar-refractivity contribution is 5.79. The number of halogens is 1. The molecule has 1 aliphatic heterocycles. The molecule has 1 amide bonds. The highest BCUT2D eigenvalue weighted by Crippen LogP contribution is 2.36. The molecule has 1 heterocycles. The standard InChI is InChI=1S/C28H40FNO3.C2H6/c1-8-30-21(3)17-23(16-20(2)13-14-27(4,5)19-26(30)32)24-18-22(10-9-15-31)11-12-25(24)33-28(6,7)29;1-2/h11-13,15,17-18,21H,8-10,14,16,19H2,1-7H3;1-2H3/b20-13-,23-17+;. The monoisotopic (exact) mass is 487 g/mol. The smallest absolute Gasteiger partial charge is 0.242 e. The molecule has 1 aromatic carbocycles. The molecule has 35 heavy (non-hydrogen) atoms. The number of aldehydes is 1. The molecule has 0 N–H and O–H groups in total. The zero-order valence-electron chi connectivity index (χ0n) is 23.3. The lowest BCUT2D eigenvalue weighted by Gasteiger charge is -2.31. The Hall–Kier alpha value is -2.43. The fraction of sp³-hybridized carbons (Fsp3) is 0.600. The van der Waals surface area contributed by atoms with Crippen LogP contribution in [0.3, 0.4) is 0 Å². The Morgan fingerprint density at radius 1 is 1.26 bits per heavy atom. The van der Waals surface area contributed by atoms with Crippen LogP contribution in [0.4, 0.5) is 4.39 Å². The van der Waals surface area contributed by atoms with E-state index in [1.807, 2.05) is 44.7 Å². The molecule has 1 unspecified atom stereocenters. The van der Waals surface area contributed by atoms with Crippen LogP contribution in [-0.4, -0.2) is 35.5 Å². The lowest BCUT2D eigenvalue weighted by Crippen LogP contribution is -2.39. The number of carbonyl (C=O) groups excluding carboxylic acids is 2. The van der Waals surface area contributed by atoms with Gasteiger partial charge in [0.2, 0.25) is 11.8 Å². The van der Waals surface area contributed by atoms with Gasteiger partial charge in [-0.25, -0.2) is 0 Å².